The summed E-state index contributed by atoms with van der Waals surface area (Å²) >= 11 is 0. The quantitative estimate of drug-likeness (QED) is 0.303. The molecule has 0 aliphatic carbocycles. The van der Waals surface area contributed by atoms with E-state index in [2.05, 4.69) is 0 Å². The van der Waals surface area contributed by atoms with Crippen molar-refractivity contribution < 1.29 is 54.8 Å². The Kier molecular flexibility index (Phi) is 5.84. The van der Waals surface area contributed by atoms with Crippen molar-refractivity contribution in [2.24, 2.45) is 0 Å². The van der Waals surface area contributed by atoms with E-state index in [1.54, 1.807) is 0 Å². The van der Waals surface area contributed by atoms with Gasteiger partial charge in [-0.15, -0.1) is 0 Å². The van der Waals surface area contributed by atoms with Crippen LogP contribution in [0.15, 0.2) is 30.3 Å². The van der Waals surface area contributed by atoms with Gasteiger partial charge in [0.1, 0.15) is 30.5 Å². The molecular formula is C21H22O11. The Morgan fingerprint density at radius 2 is 1.72 bits per heavy atom. The summed E-state index contributed by atoms with van der Waals surface area (Å²) in [6, 6.07) is 6.55. The number of aliphatic hydroxyl groups excluding tert-OH is 4. The summed E-state index contributed by atoms with van der Waals surface area (Å²) < 4.78 is 16.5. The summed E-state index contributed by atoms with van der Waals surface area (Å²) in [6.45, 7) is -0.653. The van der Waals surface area contributed by atoms with E-state index in [1.807, 2.05) is 0 Å². The second-order valence-electron chi connectivity index (χ2n) is 7.59. The highest BCUT2D eigenvalue weighted by atomic mass is 16.7. The number of phenols is 3. The Morgan fingerprint density at radius 3 is 2.41 bits per heavy atom. The fraction of sp³-hybridized carbons (Fsp3) is 0.381. The smallest absolute Gasteiger partial charge is 0.229 e. The summed E-state index contributed by atoms with van der Waals surface area (Å²) in [6.07, 6.45) is -8.64. The second kappa shape index (κ2) is 8.45. The third-order valence-corrected chi connectivity index (χ3v) is 5.49. The topological polar surface area (TPSA) is 186 Å². The minimum absolute atomic E-state index is 0.0798. The average molecular weight is 450 g/mol. The number of carbonyl (C=O) groups is 1. The number of rotatable bonds is 4. The highest BCUT2D eigenvalue weighted by Crippen LogP contribution is 2.46. The van der Waals surface area contributed by atoms with Crippen molar-refractivity contribution in [3.8, 4) is 28.7 Å². The molecule has 6 atom stereocenters. The molecule has 0 aromatic heterocycles. The van der Waals surface area contributed by atoms with E-state index in [4.69, 9.17) is 14.2 Å². The minimum atomic E-state index is -1.70. The molecule has 4 unspecified atom stereocenters. The molecule has 0 bridgehead atoms. The van der Waals surface area contributed by atoms with E-state index in [0.29, 0.717) is 5.56 Å². The van der Waals surface area contributed by atoms with Gasteiger partial charge in [-0.05, 0) is 29.8 Å². The lowest BCUT2D eigenvalue weighted by atomic mass is 9.95. The van der Waals surface area contributed by atoms with Crippen LogP contribution in [0.3, 0.4) is 0 Å². The van der Waals surface area contributed by atoms with Crippen LogP contribution in [-0.2, 0) is 4.74 Å². The van der Waals surface area contributed by atoms with Crippen LogP contribution in [0.1, 0.15) is 28.4 Å². The van der Waals surface area contributed by atoms with Gasteiger partial charge in [-0.1, -0.05) is 6.07 Å². The summed E-state index contributed by atoms with van der Waals surface area (Å²) in [5.41, 5.74) is 0.474. The highest BCUT2D eigenvalue weighted by molar-refractivity contribution is 6.01. The number of hydrogen-bond acceptors (Lipinski definition) is 11. The number of ketones is 1. The predicted molar refractivity (Wildman–Crippen MR) is 105 cm³/mol. The van der Waals surface area contributed by atoms with E-state index < -0.39 is 54.9 Å². The number of hydrogen-bond donors (Lipinski definition) is 7. The monoisotopic (exact) mass is 450 g/mol. The van der Waals surface area contributed by atoms with Crippen LogP contribution in [0.5, 0.6) is 28.7 Å². The van der Waals surface area contributed by atoms with Crippen LogP contribution < -0.4 is 9.47 Å². The van der Waals surface area contributed by atoms with E-state index in [9.17, 15) is 40.5 Å². The molecule has 0 amide bonds. The van der Waals surface area contributed by atoms with Gasteiger partial charge in [-0.2, -0.15) is 0 Å². The van der Waals surface area contributed by atoms with E-state index in [0.717, 1.165) is 0 Å². The Bertz CT molecular complexity index is 1020. The summed E-state index contributed by atoms with van der Waals surface area (Å²) in [5, 5.41) is 69.1. The van der Waals surface area contributed by atoms with Gasteiger partial charge in [0.2, 0.25) is 12.0 Å². The first-order valence-electron chi connectivity index (χ1n) is 9.76. The largest absolute Gasteiger partial charge is 0.504 e. The maximum absolute atomic E-state index is 12.6. The molecule has 2 aromatic carbocycles. The van der Waals surface area contributed by atoms with Crippen molar-refractivity contribution >= 4 is 5.78 Å². The molecule has 1 fully saturated rings. The zero-order valence-electron chi connectivity index (χ0n) is 16.5. The standard InChI is InChI=1S/C21H22O11/c22-7-15-16(26)18(28)19(29)21(32-15)31-13-4-2-9-11(24)6-14(30-20(9)17(13)27)8-1-3-10(23)12(25)5-8/h1-5,14-16,18-19,21-23,25-29H,6-7H2/t14?,15?,16-,18?,19?,21+/m0/s1. The van der Waals surface area contributed by atoms with E-state index in [-0.39, 0.29) is 35.0 Å². The summed E-state index contributed by atoms with van der Waals surface area (Å²) in [5.74, 6) is -2.09. The minimum Gasteiger partial charge on any atom is -0.504 e. The number of ether oxygens (including phenoxy) is 3. The van der Waals surface area contributed by atoms with Gasteiger partial charge in [-0.25, -0.2) is 0 Å². The van der Waals surface area contributed by atoms with Crippen LogP contribution in [0, 0.1) is 0 Å². The molecule has 2 aliphatic rings. The molecule has 11 nitrogen and oxygen atoms in total. The Balaban J connectivity index is 1.61. The molecular weight excluding hydrogens is 428 g/mol. The summed E-state index contributed by atoms with van der Waals surface area (Å²) in [4.78, 5) is 12.6. The number of Topliss-reactive ketones (excluding diaryl/α,β-unsaturated/α-hetero) is 1. The first-order valence-corrected chi connectivity index (χ1v) is 9.76. The fourth-order valence-corrected chi connectivity index (χ4v) is 3.67. The zero-order chi connectivity index (χ0) is 23.2. The molecule has 0 saturated carbocycles. The van der Waals surface area contributed by atoms with Crippen molar-refractivity contribution in [2.45, 2.75) is 43.2 Å². The lowest BCUT2D eigenvalue weighted by molar-refractivity contribution is -0.277. The maximum atomic E-state index is 12.6. The number of aliphatic hydroxyl groups is 4. The lowest BCUT2D eigenvalue weighted by Crippen LogP contribution is -2.60. The SMILES string of the molecule is O=C1CC(c2ccc(O)c(O)c2)Oc2c1ccc(O[C@@H]1OC(CO)[C@H](O)C(O)C1O)c2O. The third kappa shape index (κ3) is 3.80. The molecule has 11 heteroatoms. The maximum Gasteiger partial charge on any atom is 0.229 e. The van der Waals surface area contributed by atoms with Crippen LogP contribution in [-0.4, -0.2) is 78.8 Å². The molecule has 1 saturated heterocycles. The Hall–Kier alpha value is -3.09. The number of aromatic hydroxyl groups is 3. The van der Waals surface area contributed by atoms with Gasteiger partial charge < -0.3 is 50.0 Å². The number of fused-ring (bicyclic) bond motifs is 1. The van der Waals surface area contributed by atoms with Gasteiger partial charge in [-0.3, -0.25) is 4.79 Å². The number of benzene rings is 2. The number of phenolic OH excluding ortho intramolecular Hbond substituents is 3. The van der Waals surface area contributed by atoms with Crippen molar-refractivity contribution in [1.29, 1.82) is 0 Å². The molecule has 2 heterocycles. The van der Waals surface area contributed by atoms with Crippen LogP contribution in [0.2, 0.25) is 0 Å². The number of carbonyl (C=O) groups excluding carboxylic acids is 1. The normalized spacial score (nSPS) is 29.8. The fourth-order valence-electron chi connectivity index (χ4n) is 3.67. The Labute approximate surface area is 181 Å². The van der Waals surface area contributed by atoms with Gasteiger partial charge in [0, 0.05) is 0 Å². The van der Waals surface area contributed by atoms with Gasteiger partial charge in [0.05, 0.1) is 18.6 Å². The van der Waals surface area contributed by atoms with Crippen molar-refractivity contribution in [2.75, 3.05) is 6.61 Å². The van der Waals surface area contributed by atoms with Crippen molar-refractivity contribution in [3.63, 3.8) is 0 Å². The first-order chi connectivity index (χ1) is 15.2. The van der Waals surface area contributed by atoms with Crippen molar-refractivity contribution in [1.82, 2.24) is 0 Å². The summed E-state index contributed by atoms with van der Waals surface area (Å²) in [7, 11) is 0. The zero-order valence-corrected chi connectivity index (χ0v) is 16.5. The molecule has 32 heavy (non-hydrogen) atoms. The van der Waals surface area contributed by atoms with Gasteiger partial charge >= 0.3 is 0 Å². The van der Waals surface area contributed by atoms with Crippen LogP contribution in [0.25, 0.3) is 0 Å². The molecule has 0 radical (unpaired) electrons. The van der Waals surface area contributed by atoms with Gasteiger partial charge in [0.15, 0.2) is 28.8 Å². The Morgan fingerprint density at radius 1 is 0.969 bits per heavy atom. The van der Waals surface area contributed by atoms with Crippen molar-refractivity contribution in [3.05, 3.63) is 41.5 Å². The molecule has 172 valence electrons. The first kappa shape index (κ1) is 22.1. The molecule has 2 aliphatic heterocycles. The third-order valence-electron chi connectivity index (χ3n) is 5.49. The van der Waals surface area contributed by atoms with Crippen LogP contribution in [0.4, 0.5) is 0 Å². The highest BCUT2D eigenvalue weighted by Gasteiger charge is 2.45. The van der Waals surface area contributed by atoms with E-state index >= 15 is 0 Å². The average Bonchev–Trinajstić information content (AvgIpc) is 2.77. The molecule has 7 N–H and O–H groups in total. The second-order valence-corrected chi connectivity index (χ2v) is 7.59. The molecule has 4 rings (SSSR count). The molecule has 0 spiro atoms. The van der Waals surface area contributed by atoms with E-state index in [1.165, 1.54) is 30.3 Å². The lowest BCUT2D eigenvalue weighted by Gasteiger charge is -2.39. The molecule has 2 aromatic rings. The van der Waals surface area contributed by atoms with Crippen LogP contribution >= 0.6 is 0 Å². The van der Waals surface area contributed by atoms with Gasteiger partial charge in [0.25, 0.3) is 0 Å². The predicted octanol–water partition coefficient (Wildman–Crippen LogP) is -0.311.